The summed E-state index contributed by atoms with van der Waals surface area (Å²) in [6.45, 7) is 9.48. The third-order valence-corrected chi connectivity index (χ3v) is 3.70. The molecular formula is C16H24N2O2. The lowest BCUT2D eigenvalue weighted by molar-refractivity contribution is -0.129. The van der Waals surface area contributed by atoms with E-state index in [1.807, 2.05) is 13.8 Å². The van der Waals surface area contributed by atoms with Crippen LogP contribution in [0.2, 0.25) is 0 Å². The van der Waals surface area contributed by atoms with Gasteiger partial charge in [0.1, 0.15) is 6.04 Å². The van der Waals surface area contributed by atoms with Crippen molar-refractivity contribution in [1.29, 1.82) is 0 Å². The van der Waals surface area contributed by atoms with E-state index in [2.05, 4.69) is 42.7 Å². The van der Waals surface area contributed by atoms with Crippen molar-refractivity contribution < 1.29 is 9.53 Å². The quantitative estimate of drug-likeness (QED) is 0.886. The molecule has 0 aliphatic carbocycles. The number of hydrogen-bond acceptors (Lipinski definition) is 3. The summed E-state index contributed by atoms with van der Waals surface area (Å²) in [5.41, 5.74) is 3.57. The van der Waals surface area contributed by atoms with E-state index in [9.17, 15) is 4.79 Å². The van der Waals surface area contributed by atoms with Gasteiger partial charge in [-0.15, -0.1) is 0 Å². The van der Waals surface area contributed by atoms with Crippen molar-refractivity contribution in [3.05, 3.63) is 34.9 Å². The summed E-state index contributed by atoms with van der Waals surface area (Å²) in [5, 5.41) is 6.28. The van der Waals surface area contributed by atoms with Gasteiger partial charge in [-0.3, -0.25) is 4.79 Å². The van der Waals surface area contributed by atoms with Gasteiger partial charge in [0, 0.05) is 6.54 Å². The fourth-order valence-electron chi connectivity index (χ4n) is 2.67. The molecule has 1 amide bonds. The van der Waals surface area contributed by atoms with Gasteiger partial charge in [0.15, 0.2) is 0 Å². The highest BCUT2D eigenvalue weighted by Gasteiger charge is 2.29. The molecule has 20 heavy (non-hydrogen) atoms. The number of hydrogen-bond donors (Lipinski definition) is 2. The number of nitrogens with one attached hydrogen (secondary N) is 2. The topological polar surface area (TPSA) is 50.4 Å². The van der Waals surface area contributed by atoms with Crippen LogP contribution in [0.5, 0.6) is 0 Å². The minimum Gasteiger partial charge on any atom is -0.375 e. The van der Waals surface area contributed by atoms with E-state index in [0.717, 1.165) is 12.1 Å². The fourth-order valence-corrected chi connectivity index (χ4v) is 2.67. The molecule has 110 valence electrons. The van der Waals surface area contributed by atoms with Crippen molar-refractivity contribution in [2.75, 3.05) is 13.2 Å². The maximum atomic E-state index is 12.3. The normalized spacial score (nSPS) is 24.2. The molecule has 1 fully saturated rings. The first-order chi connectivity index (χ1) is 9.47. The van der Waals surface area contributed by atoms with Gasteiger partial charge in [0.25, 0.3) is 0 Å². The molecule has 0 aromatic heterocycles. The van der Waals surface area contributed by atoms with Crippen molar-refractivity contribution in [3.8, 4) is 0 Å². The summed E-state index contributed by atoms with van der Waals surface area (Å²) in [5.74, 6) is 0.00357. The number of carbonyl (C=O) groups is 1. The Balaban J connectivity index is 2.03. The molecule has 0 saturated carbocycles. The molecule has 1 heterocycles. The van der Waals surface area contributed by atoms with Gasteiger partial charge in [-0.1, -0.05) is 29.3 Å². The lowest BCUT2D eigenvalue weighted by Crippen LogP contribution is -2.55. The Kier molecular flexibility index (Phi) is 4.78. The van der Waals surface area contributed by atoms with Crippen molar-refractivity contribution in [3.63, 3.8) is 0 Å². The maximum Gasteiger partial charge on any atom is 0.240 e. The molecule has 1 aliphatic rings. The lowest BCUT2D eigenvalue weighted by Gasteiger charge is -2.30. The zero-order valence-corrected chi connectivity index (χ0v) is 12.7. The first kappa shape index (κ1) is 15.0. The van der Waals surface area contributed by atoms with E-state index in [0.29, 0.717) is 6.61 Å². The molecule has 1 unspecified atom stereocenters. The number of carbonyl (C=O) groups excluding carboxylic acids is 1. The second kappa shape index (κ2) is 6.37. The van der Waals surface area contributed by atoms with E-state index < -0.39 is 0 Å². The molecule has 0 bridgehead atoms. The second-order valence-corrected chi connectivity index (χ2v) is 5.66. The Hall–Kier alpha value is -1.39. The molecule has 2 rings (SSSR count). The van der Waals surface area contributed by atoms with Gasteiger partial charge in [0.05, 0.1) is 18.8 Å². The van der Waals surface area contributed by atoms with Crippen molar-refractivity contribution in [1.82, 2.24) is 10.6 Å². The lowest BCUT2D eigenvalue weighted by atomic mass is 10.0. The number of morpholine rings is 1. The van der Waals surface area contributed by atoms with Crippen LogP contribution >= 0.6 is 0 Å². The summed E-state index contributed by atoms with van der Waals surface area (Å²) in [4.78, 5) is 12.3. The van der Waals surface area contributed by atoms with E-state index >= 15 is 0 Å². The van der Waals surface area contributed by atoms with Crippen LogP contribution in [0.4, 0.5) is 0 Å². The van der Waals surface area contributed by atoms with Crippen LogP contribution in [0, 0.1) is 13.8 Å². The SMILES string of the molecule is Cc1cc(C)cc(C(C)NC(=O)[C@H]2NCCO[C@@H]2C)c1. The summed E-state index contributed by atoms with van der Waals surface area (Å²) < 4.78 is 5.51. The number of rotatable bonds is 3. The highest BCUT2D eigenvalue weighted by Crippen LogP contribution is 2.17. The highest BCUT2D eigenvalue weighted by atomic mass is 16.5. The zero-order valence-electron chi connectivity index (χ0n) is 12.7. The first-order valence-electron chi connectivity index (χ1n) is 7.21. The van der Waals surface area contributed by atoms with Crippen LogP contribution in [-0.2, 0) is 9.53 Å². The van der Waals surface area contributed by atoms with Crippen LogP contribution in [0.1, 0.15) is 36.6 Å². The Bertz CT molecular complexity index is 467. The molecule has 1 aromatic rings. The van der Waals surface area contributed by atoms with E-state index in [1.165, 1.54) is 11.1 Å². The number of benzene rings is 1. The molecule has 0 spiro atoms. The minimum atomic E-state index is -0.267. The van der Waals surface area contributed by atoms with Crippen molar-refractivity contribution >= 4 is 5.91 Å². The van der Waals surface area contributed by atoms with Crippen LogP contribution in [-0.4, -0.2) is 31.2 Å². The van der Waals surface area contributed by atoms with Crippen LogP contribution in [0.25, 0.3) is 0 Å². The summed E-state index contributed by atoms with van der Waals surface area (Å²) in [6, 6.07) is 6.10. The van der Waals surface area contributed by atoms with E-state index in [-0.39, 0.29) is 24.1 Å². The average molecular weight is 276 g/mol. The van der Waals surface area contributed by atoms with E-state index in [1.54, 1.807) is 0 Å². The standard InChI is InChI=1S/C16H24N2O2/c1-10-7-11(2)9-14(8-10)12(3)18-16(19)15-13(4)20-6-5-17-15/h7-9,12-13,15,17H,5-6H2,1-4H3,(H,18,19)/t12?,13-,15+/m1/s1. The zero-order chi connectivity index (χ0) is 14.7. The second-order valence-electron chi connectivity index (χ2n) is 5.66. The molecule has 4 nitrogen and oxygen atoms in total. The number of aryl methyl sites for hydroxylation is 2. The van der Waals surface area contributed by atoms with Gasteiger partial charge in [-0.25, -0.2) is 0 Å². The van der Waals surface area contributed by atoms with Gasteiger partial charge in [0.2, 0.25) is 5.91 Å². The predicted octanol–water partition coefficient (Wildman–Crippen LogP) is 1.86. The smallest absolute Gasteiger partial charge is 0.240 e. The Morgan fingerprint density at radius 3 is 2.60 bits per heavy atom. The molecule has 1 aromatic carbocycles. The minimum absolute atomic E-state index is 0.00275. The highest BCUT2D eigenvalue weighted by molar-refractivity contribution is 5.82. The van der Waals surface area contributed by atoms with Gasteiger partial charge in [-0.2, -0.15) is 0 Å². The maximum absolute atomic E-state index is 12.3. The Morgan fingerprint density at radius 1 is 1.35 bits per heavy atom. The van der Waals surface area contributed by atoms with Crippen LogP contribution in [0.3, 0.4) is 0 Å². The van der Waals surface area contributed by atoms with Crippen LogP contribution < -0.4 is 10.6 Å². The molecule has 3 atom stereocenters. The van der Waals surface area contributed by atoms with Gasteiger partial charge >= 0.3 is 0 Å². The molecule has 0 radical (unpaired) electrons. The summed E-state index contributed by atoms with van der Waals surface area (Å²) in [6.07, 6.45) is -0.0878. The third-order valence-electron chi connectivity index (χ3n) is 3.70. The largest absolute Gasteiger partial charge is 0.375 e. The molecule has 4 heteroatoms. The third kappa shape index (κ3) is 3.58. The van der Waals surface area contributed by atoms with Crippen LogP contribution in [0.15, 0.2) is 18.2 Å². The first-order valence-corrected chi connectivity index (χ1v) is 7.21. The number of amides is 1. The summed E-state index contributed by atoms with van der Waals surface area (Å²) in [7, 11) is 0. The fraction of sp³-hybridized carbons (Fsp3) is 0.562. The Labute approximate surface area is 120 Å². The monoisotopic (exact) mass is 276 g/mol. The van der Waals surface area contributed by atoms with Gasteiger partial charge < -0.3 is 15.4 Å². The van der Waals surface area contributed by atoms with Gasteiger partial charge in [-0.05, 0) is 33.3 Å². The predicted molar refractivity (Wildman–Crippen MR) is 79.7 cm³/mol. The van der Waals surface area contributed by atoms with Crippen molar-refractivity contribution in [2.45, 2.75) is 45.9 Å². The summed E-state index contributed by atoms with van der Waals surface area (Å²) >= 11 is 0. The van der Waals surface area contributed by atoms with Crippen molar-refractivity contribution in [2.24, 2.45) is 0 Å². The molecule has 1 aliphatic heterocycles. The average Bonchev–Trinajstić information content (AvgIpc) is 2.37. The Morgan fingerprint density at radius 2 is 2.00 bits per heavy atom. The molecule has 2 N–H and O–H groups in total. The van der Waals surface area contributed by atoms with E-state index in [4.69, 9.17) is 4.74 Å². The molecule has 1 saturated heterocycles. The number of ether oxygens (including phenoxy) is 1. The molecular weight excluding hydrogens is 252 g/mol.